The molecular formula is C13H24N4O3. The molecule has 1 aromatic rings. The van der Waals surface area contributed by atoms with Crippen LogP contribution in [0.25, 0.3) is 0 Å². The van der Waals surface area contributed by atoms with Crippen molar-refractivity contribution in [3.8, 4) is 11.8 Å². The van der Waals surface area contributed by atoms with Gasteiger partial charge in [-0.1, -0.05) is 0 Å². The molecule has 1 atom stereocenters. The lowest BCUT2D eigenvalue weighted by atomic mass is 10.1. The molecule has 0 saturated carbocycles. The zero-order chi connectivity index (χ0) is 15.2. The van der Waals surface area contributed by atoms with Gasteiger partial charge in [-0.2, -0.15) is 0 Å². The first-order valence-electron chi connectivity index (χ1n) is 6.39. The first kappa shape index (κ1) is 16.6. The number of aliphatic hydroxyl groups is 1. The van der Waals surface area contributed by atoms with Crippen LogP contribution in [0, 0.1) is 0 Å². The third kappa shape index (κ3) is 4.92. The Morgan fingerprint density at radius 1 is 1.25 bits per heavy atom. The minimum Gasteiger partial charge on any atom is -0.481 e. The summed E-state index contributed by atoms with van der Waals surface area (Å²) in [6.07, 6.45) is 1.39. The second-order valence-corrected chi connectivity index (χ2v) is 5.21. The predicted molar refractivity (Wildman–Crippen MR) is 76.0 cm³/mol. The van der Waals surface area contributed by atoms with Crippen molar-refractivity contribution in [3.05, 3.63) is 11.9 Å². The number of nitrogens with one attached hydrogen (secondary N) is 1. The molecule has 0 saturated heterocycles. The molecule has 0 radical (unpaired) electrons. The van der Waals surface area contributed by atoms with Crippen LogP contribution in [0.3, 0.4) is 0 Å². The molecule has 114 valence electrons. The number of nitrogens with zero attached hydrogens (tertiary/aromatic N) is 3. The van der Waals surface area contributed by atoms with E-state index in [4.69, 9.17) is 9.47 Å². The number of methoxy groups -OCH3 is 2. The van der Waals surface area contributed by atoms with Crippen molar-refractivity contribution in [3.63, 3.8) is 0 Å². The normalized spacial score (nSPS) is 14.2. The maximum absolute atomic E-state index is 10.2. The van der Waals surface area contributed by atoms with Crippen molar-refractivity contribution in [2.75, 3.05) is 41.4 Å². The predicted octanol–water partition coefficient (Wildman–Crippen LogP) is -0.104. The second-order valence-electron chi connectivity index (χ2n) is 5.21. The lowest BCUT2D eigenvalue weighted by molar-refractivity contribution is 0.0335. The summed E-state index contributed by atoms with van der Waals surface area (Å²) >= 11 is 0. The summed E-state index contributed by atoms with van der Waals surface area (Å²) in [5.41, 5.74) is -0.0854. The molecule has 1 aromatic heterocycles. The van der Waals surface area contributed by atoms with Crippen LogP contribution in [0.4, 0.5) is 0 Å². The highest BCUT2D eigenvalue weighted by molar-refractivity contribution is 5.34. The molecule has 0 aromatic carbocycles. The molecule has 0 spiro atoms. The first-order valence-corrected chi connectivity index (χ1v) is 6.39. The van der Waals surface area contributed by atoms with Crippen molar-refractivity contribution >= 4 is 0 Å². The van der Waals surface area contributed by atoms with Gasteiger partial charge < -0.3 is 24.8 Å². The van der Waals surface area contributed by atoms with Gasteiger partial charge in [-0.25, -0.2) is 9.97 Å². The fraction of sp³-hybridized carbons (Fsp3) is 0.692. The Labute approximate surface area is 119 Å². The Morgan fingerprint density at radius 3 is 2.25 bits per heavy atom. The van der Waals surface area contributed by atoms with Gasteiger partial charge >= 0.3 is 0 Å². The first-order chi connectivity index (χ1) is 9.39. The molecular weight excluding hydrogens is 260 g/mol. The molecule has 20 heavy (non-hydrogen) atoms. The van der Waals surface area contributed by atoms with E-state index in [1.807, 2.05) is 19.0 Å². The fourth-order valence-electron chi connectivity index (χ4n) is 2.08. The quantitative estimate of drug-likeness (QED) is 0.690. The van der Waals surface area contributed by atoms with Gasteiger partial charge in [0.05, 0.1) is 25.4 Å². The van der Waals surface area contributed by atoms with Gasteiger partial charge in [0.1, 0.15) is 6.33 Å². The summed E-state index contributed by atoms with van der Waals surface area (Å²) < 4.78 is 10.4. The third-order valence-corrected chi connectivity index (χ3v) is 2.72. The Kier molecular flexibility index (Phi) is 6.12. The summed E-state index contributed by atoms with van der Waals surface area (Å²) in [5, 5.41) is 13.4. The number of hydrogen-bond acceptors (Lipinski definition) is 7. The number of ether oxygens (including phenoxy) is 2. The van der Waals surface area contributed by atoms with E-state index in [-0.39, 0.29) is 0 Å². The van der Waals surface area contributed by atoms with Crippen LogP contribution >= 0.6 is 0 Å². The Hall–Kier alpha value is -1.44. The molecule has 0 bridgehead atoms. The van der Waals surface area contributed by atoms with E-state index in [9.17, 15) is 5.11 Å². The van der Waals surface area contributed by atoms with Crippen molar-refractivity contribution in [2.24, 2.45) is 0 Å². The Bertz CT molecular complexity index is 402. The SMILES string of the molecule is COc1ncnc(OC)c1CNCC(C)(O)CN(C)C. The number of aromatic nitrogens is 2. The van der Waals surface area contributed by atoms with Crippen LogP contribution in [-0.4, -0.2) is 67.0 Å². The summed E-state index contributed by atoms with van der Waals surface area (Å²) in [7, 11) is 6.94. The molecule has 0 aliphatic heterocycles. The summed E-state index contributed by atoms with van der Waals surface area (Å²) in [6, 6.07) is 0. The second kappa shape index (κ2) is 7.37. The van der Waals surface area contributed by atoms with Gasteiger partial charge in [0, 0.05) is 19.6 Å². The average Bonchev–Trinajstić information content (AvgIpc) is 2.37. The summed E-state index contributed by atoms with van der Waals surface area (Å²) in [4.78, 5) is 10.0. The van der Waals surface area contributed by atoms with E-state index in [1.165, 1.54) is 6.33 Å². The van der Waals surface area contributed by atoms with Gasteiger partial charge in [0.2, 0.25) is 11.8 Å². The molecule has 7 nitrogen and oxygen atoms in total. The van der Waals surface area contributed by atoms with Crippen molar-refractivity contribution in [1.82, 2.24) is 20.2 Å². The van der Waals surface area contributed by atoms with E-state index in [0.717, 1.165) is 5.56 Å². The fourth-order valence-corrected chi connectivity index (χ4v) is 2.08. The minimum absolute atomic E-state index is 0.437. The molecule has 1 heterocycles. The number of likely N-dealkylation sites (N-methyl/N-ethyl adjacent to an activating group) is 1. The van der Waals surface area contributed by atoms with Crippen LogP contribution < -0.4 is 14.8 Å². The lowest BCUT2D eigenvalue weighted by Crippen LogP contribution is -2.45. The minimum atomic E-state index is -0.820. The highest BCUT2D eigenvalue weighted by Crippen LogP contribution is 2.22. The van der Waals surface area contributed by atoms with Crippen LogP contribution in [0.5, 0.6) is 11.8 Å². The van der Waals surface area contributed by atoms with Gasteiger partial charge in [0.15, 0.2) is 0 Å². The smallest absolute Gasteiger partial charge is 0.224 e. The van der Waals surface area contributed by atoms with Crippen molar-refractivity contribution in [1.29, 1.82) is 0 Å². The van der Waals surface area contributed by atoms with E-state index < -0.39 is 5.60 Å². The van der Waals surface area contributed by atoms with Crippen LogP contribution in [-0.2, 0) is 6.54 Å². The highest BCUT2D eigenvalue weighted by Gasteiger charge is 2.21. The number of hydrogen-bond donors (Lipinski definition) is 2. The summed E-state index contributed by atoms with van der Waals surface area (Å²) in [6.45, 7) is 3.25. The van der Waals surface area contributed by atoms with Gasteiger partial charge in [-0.3, -0.25) is 0 Å². The molecule has 0 fully saturated rings. The number of rotatable bonds is 8. The maximum Gasteiger partial charge on any atom is 0.224 e. The maximum atomic E-state index is 10.2. The average molecular weight is 284 g/mol. The zero-order valence-electron chi connectivity index (χ0n) is 12.8. The monoisotopic (exact) mass is 284 g/mol. The van der Waals surface area contributed by atoms with Crippen LogP contribution in [0.15, 0.2) is 6.33 Å². The topological polar surface area (TPSA) is 79.7 Å². The standard InChI is InChI=1S/C13H24N4O3/c1-13(18,8-17(2)3)7-14-6-10-11(19-4)15-9-16-12(10)20-5/h9,14,18H,6-8H2,1-5H3. The molecule has 1 unspecified atom stereocenters. The van der Waals surface area contributed by atoms with Crippen molar-refractivity contribution in [2.45, 2.75) is 19.1 Å². The molecule has 0 aliphatic rings. The largest absolute Gasteiger partial charge is 0.481 e. The zero-order valence-corrected chi connectivity index (χ0v) is 12.8. The van der Waals surface area contributed by atoms with E-state index >= 15 is 0 Å². The van der Waals surface area contributed by atoms with E-state index in [2.05, 4.69) is 15.3 Å². The molecule has 0 amide bonds. The molecule has 2 N–H and O–H groups in total. The van der Waals surface area contributed by atoms with Crippen LogP contribution in [0.1, 0.15) is 12.5 Å². The summed E-state index contributed by atoms with van der Waals surface area (Å²) in [5.74, 6) is 0.938. The van der Waals surface area contributed by atoms with Gasteiger partial charge in [-0.15, -0.1) is 0 Å². The Balaban J connectivity index is 2.66. The van der Waals surface area contributed by atoms with Crippen molar-refractivity contribution < 1.29 is 14.6 Å². The van der Waals surface area contributed by atoms with E-state index in [0.29, 0.717) is 31.4 Å². The van der Waals surface area contributed by atoms with E-state index in [1.54, 1.807) is 21.1 Å². The third-order valence-electron chi connectivity index (χ3n) is 2.72. The lowest BCUT2D eigenvalue weighted by Gasteiger charge is -2.27. The highest BCUT2D eigenvalue weighted by atomic mass is 16.5. The molecule has 7 heteroatoms. The molecule has 0 aliphatic carbocycles. The van der Waals surface area contributed by atoms with Gasteiger partial charge in [0.25, 0.3) is 0 Å². The van der Waals surface area contributed by atoms with Crippen LogP contribution in [0.2, 0.25) is 0 Å². The van der Waals surface area contributed by atoms with Gasteiger partial charge in [-0.05, 0) is 21.0 Å². The molecule has 1 rings (SSSR count). The Morgan fingerprint density at radius 2 is 1.80 bits per heavy atom.